The molecule has 0 heterocycles. The molecule has 0 bridgehead atoms. The Morgan fingerprint density at radius 3 is 2.24 bits per heavy atom. The van der Waals surface area contributed by atoms with E-state index in [1.165, 1.54) is 30.2 Å². The lowest BCUT2D eigenvalue weighted by atomic mass is 10.1. The highest BCUT2D eigenvalue weighted by Crippen LogP contribution is 2.22. The molecular weight excluding hydrogens is 461 g/mol. The molecule has 2 atom stereocenters. The summed E-state index contributed by atoms with van der Waals surface area (Å²) in [6.07, 6.45) is 1.61. The molecule has 2 rings (SSSR count). The second-order valence-electron chi connectivity index (χ2n) is 8.08. The summed E-state index contributed by atoms with van der Waals surface area (Å²) >= 11 is 0. The van der Waals surface area contributed by atoms with Crippen LogP contribution in [-0.4, -0.2) is 57.1 Å². The van der Waals surface area contributed by atoms with E-state index in [1.54, 1.807) is 31.2 Å². The maximum atomic E-state index is 14.4. The van der Waals surface area contributed by atoms with E-state index in [9.17, 15) is 22.4 Å². The summed E-state index contributed by atoms with van der Waals surface area (Å²) in [5, 5.41) is 2.85. The van der Waals surface area contributed by atoms with E-state index in [0.29, 0.717) is 22.0 Å². The maximum absolute atomic E-state index is 14.4. The molecule has 2 aromatic rings. The fourth-order valence-electron chi connectivity index (χ4n) is 3.22. The zero-order chi connectivity index (χ0) is 25.5. The standard InChI is InChI=1S/C24H32FN3O5S/c1-6-17(2)26-24(30)18(3)27(15-19-11-13-20(33-4)14-12-19)23(29)16-28(34(5,31)32)22-10-8-7-9-21(22)25/h7-14,17-18H,6,15-16H2,1-5H3,(H,26,30). The van der Waals surface area contributed by atoms with Gasteiger partial charge in [-0.05, 0) is 50.1 Å². The molecule has 2 unspecified atom stereocenters. The van der Waals surface area contributed by atoms with E-state index >= 15 is 0 Å². The van der Waals surface area contributed by atoms with Crippen LogP contribution in [0.4, 0.5) is 10.1 Å². The first-order valence-corrected chi connectivity index (χ1v) is 12.8. The van der Waals surface area contributed by atoms with Crippen LogP contribution in [-0.2, 0) is 26.2 Å². The van der Waals surface area contributed by atoms with Crippen molar-refractivity contribution in [3.8, 4) is 5.75 Å². The summed E-state index contributed by atoms with van der Waals surface area (Å²) in [4.78, 5) is 27.5. The normalized spacial score (nSPS) is 13.0. The quantitative estimate of drug-likeness (QED) is 0.519. The topological polar surface area (TPSA) is 96.0 Å². The van der Waals surface area contributed by atoms with Crippen LogP contribution in [0.3, 0.4) is 0 Å². The molecule has 2 amide bonds. The highest BCUT2D eigenvalue weighted by atomic mass is 32.2. The van der Waals surface area contributed by atoms with Gasteiger partial charge in [-0.1, -0.05) is 31.2 Å². The van der Waals surface area contributed by atoms with Gasteiger partial charge in [0.05, 0.1) is 19.1 Å². The zero-order valence-corrected chi connectivity index (χ0v) is 20.9. The van der Waals surface area contributed by atoms with Gasteiger partial charge in [-0.2, -0.15) is 0 Å². The van der Waals surface area contributed by atoms with Crippen molar-refractivity contribution in [1.82, 2.24) is 10.2 Å². The minimum Gasteiger partial charge on any atom is -0.497 e. The van der Waals surface area contributed by atoms with Crippen LogP contribution in [0, 0.1) is 5.82 Å². The van der Waals surface area contributed by atoms with Crippen LogP contribution in [0.25, 0.3) is 0 Å². The molecular formula is C24H32FN3O5S. The van der Waals surface area contributed by atoms with Crippen LogP contribution in [0.2, 0.25) is 0 Å². The number of carbonyl (C=O) groups is 2. The van der Waals surface area contributed by atoms with E-state index in [0.717, 1.165) is 12.3 Å². The van der Waals surface area contributed by atoms with E-state index in [1.807, 2.05) is 13.8 Å². The predicted octanol–water partition coefficient (Wildman–Crippen LogP) is 2.93. The molecule has 0 fully saturated rings. The number of rotatable bonds is 11. The number of carbonyl (C=O) groups excluding carboxylic acids is 2. The first-order chi connectivity index (χ1) is 16.0. The summed E-state index contributed by atoms with van der Waals surface area (Å²) in [5.41, 5.74) is 0.480. The highest BCUT2D eigenvalue weighted by molar-refractivity contribution is 7.92. The number of sulfonamides is 1. The van der Waals surface area contributed by atoms with Crippen molar-refractivity contribution in [1.29, 1.82) is 0 Å². The minimum atomic E-state index is -3.99. The van der Waals surface area contributed by atoms with Crippen LogP contribution in [0.15, 0.2) is 48.5 Å². The Morgan fingerprint density at radius 1 is 1.09 bits per heavy atom. The Kier molecular flexibility index (Phi) is 9.43. The Hall–Kier alpha value is -3.14. The smallest absolute Gasteiger partial charge is 0.244 e. The average Bonchev–Trinajstić information content (AvgIpc) is 2.80. The number of halogens is 1. The van der Waals surface area contributed by atoms with Gasteiger partial charge in [-0.25, -0.2) is 12.8 Å². The van der Waals surface area contributed by atoms with Crippen molar-refractivity contribution in [3.63, 3.8) is 0 Å². The van der Waals surface area contributed by atoms with Crippen molar-refractivity contribution >= 4 is 27.5 Å². The first kappa shape index (κ1) is 27.1. The monoisotopic (exact) mass is 493 g/mol. The van der Waals surface area contributed by atoms with Gasteiger partial charge in [0.1, 0.15) is 24.2 Å². The van der Waals surface area contributed by atoms with Gasteiger partial charge >= 0.3 is 0 Å². The summed E-state index contributed by atoms with van der Waals surface area (Å²) in [6.45, 7) is 4.74. The lowest BCUT2D eigenvalue weighted by Crippen LogP contribution is -2.52. The van der Waals surface area contributed by atoms with Crippen molar-refractivity contribution < 1.29 is 27.1 Å². The number of ether oxygens (including phenoxy) is 1. The van der Waals surface area contributed by atoms with Crippen LogP contribution in [0.1, 0.15) is 32.8 Å². The number of hydrogen-bond acceptors (Lipinski definition) is 5. The number of anilines is 1. The molecule has 0 aliphatic carbocycles. The fraction of sp³-hybridized carbons (Fsp3) is 0.417. The molecule has 0 spiro atoms. The number of hydrogen-bond donors (Lipinski definition) is 1. The second-order valence-corrected chi connectivity index (χ2v) is 9.99. The Balaban J connectivity index is 2.39. The second kappa shape index (κ2) is 11.8. The van der Waals surface area contributed by atoms with Crippen molar-refractivity contribution in [2.75, 3.05) is 24.2 Å². The molecule has 2 aromatic carbocycles. The highest BCUT2D eigenvalue weighted by Gasteiger charge is 2.31. The number of para-hydroxylation sites is 1. The van der Waals surface area contributed by atoms with E-state index < -0.39 is 34.3 Å². The van der Waals surface area contributed by atoms with Crippen LogP contribution >= 0.6 is 0 Å². The fourth-order valence-corrected chi connectivity index (χ4v) is 4.07. The van der Waals surface area contributed by atoms with Gasteiger partial charge in [0.2, 0.25) is 21.8 Å². The molecule has 0 aliphatic heterocycles. The summed E-state index contributed by atoms with van der Waals surface area (Å²) in [7, 11) is -2.45. The molecule has 0 saturated carbocycles. The molecule has 0 aliphatic rings. The number of amides is 2. The SMILES string of the molecule is CCC(C)NC(=O)C(C)N(Cc1ccc(OC)cc1)C(=O)CN(c1ccccc1F)S(C)(=O)=O. The summed E-state index contributed by atoms with van der Waals surface area (Å²) in [6, 6.07) is 11.3. The van der Waals surface area contributed by atoms with E-state index in [4.69, 9.17) is 4.74 Å². The average molecular weight is 494 g/mol. The lowest BCUT2D eigenvalue weighted by molar-refractivity contribution is -0.139. The van der Waals surface area contributed by atoms with Gasteiger partial charge in [0.15, 0.2) is 0 Å². The van der Waals surface area contributed by atoms with Crippen molar-refractivity contribution in [2.24, 2.45) is 0 Å². The number of nitrogens with zero attached hydrogens (tertiary/aromatic N) is 2. The molecule has 0 aromatic heterocycles. The van der Waals surface area contributed by atoms with Gasteiger partial charge < -0.3 is 15.0 Å². The zero-order valence-electron chi connectivity index (χ0n) is 20.1. The predicted molar refractivity (Wildman–Crippen MR) is 129 cm³/mol. The molecule has 0 radical (unpaired) electrons. The van der Waals surface area contributed by atoms with Gasteiger partial charge in [0.25, 0.3) is 0 Å². The molecule has 186 valence electrons. The molecule has 10 heteroatoms. The first-order valence-electron chi connectivity index (χ1n) is 10.9. The summed E-state index contributed by atoms with van der Waals surface area (Å²) < 4.78 is 45.2. The van der Waals surface area contributed by atoms with E-state index in [2.05, 4.69) is 5.32 Å². The molecule has 8 nitrogen and oxygen atoms in total. The van der Waals surface area contributed by atoms with E-state index in [-0.39, 0.29) is 24.2 Å². The third-order valence-corrected chi connectivity index (χ3v) is 6.61. The molecule has 1 N–H and O–H groups in total. The van der Waals surface area contributed by atoms with Crippen molar-refractivity contribution in [3.05, 3.63) is 59.9 Å². The Morgan fingerprint density at radius 2 is 1.71 bits per heavy atom. The third-order valence-electron chi connectivity index (χ3n) is 5.48. The maximum Gasteiger partial charge on any atom is 0.244 e. The van der Waals surface area contributed by atoms with Crippen LogP contribution in [0.5, 0.6) is 5.75 Å². The van der Waals surface area contributed by atoms with Crippen molar-refractivity contribution in [2.45, 2.75) is 45.8 Å². The molecule has 34 heavy (non-hydrogen) atoms. The third kappa shape index (κ3) is 7.18. The largest absolute Gasteiger partial charge is 0.497 e. The van der Waals surface area contributed by atoms with Crippen LogP contribution < -0.4 is 14.4 Å². The molecule has 0 saturated heterocycles. The Labute approximate surface area is 200 Å². The summed E-state index contributed by atoms with van der Waals surface area (Å²) in [5.74, 6) is -1.15. The number of benzene rings is 2. The van der Waals surface area contributed by atoms with Gasteiger partial charge in [-0.3, -0.25) is 13.9 Å². The number of nitrogens with one attached hydrogen (secondary N) is 1. The minimum absolute atomic E-state index is 0.0484. The number of methoxy groups -OCH3 is 1. The van der Waals surface area contributed by atoms with Gasteiger partial charge in [-0.15, -0.1) is 0 Å². The van der Waals surface area contributed by atoms with Gasteiger partial charge in [0, 0.05) is 12.6 Å². The lowest BCUT2D eigenvalue weighted by Gasteiger charge is -2.32. The Bertz CT molecular complexity index is 1090.